The molecule has 0 saturated carbocycles. The van der Waals surface area contributed by atoms with E-state index in [2.05, 4.69) is 15.2 Å². The van der Waals surface area contributed by atoms with Crippen molar-refractivity contribution < 1.29 is 13.9 Å². The molecule has 2 atom stereocenters. The molecule has 1 aliphatic rings. The van der Waals surface area contributed by atoms with Crippen LogP contribution >= 0.6 is 0 Å². The summed E-state index contributed by atoms with van der Waals surface area (Å²) in [6, 6.07) is 10.1. The van der Waals surface area contributed by atoms with Crippen LogP contribution in [-0.2, 0) is 4.74 Å². The summed E-state index contributed by atoms with van der Waals surface area (Å²) in [4.78, 5) is 18.6. The molecular formula is C20H24FN3O2. The molecule has 1 N–H and O–H groups in total. The van der Waals surface area contributed by atoms with Crippen LogP contribution in [0, 0.1) is 5.82 Å². The number of pyridine rings is 1. The van der Waals surface area contributed by atoms with Crippen molar-refractivity contribution in [2.24, 2.45) is 0 Å². The van der Waals surface area contributed by atoms with Crippen LogP contribution in [-0.4, -0.2) is 36.6 Å². The highest BCUT2D eigenvalue weighted by atomic mass is 19.1. The van der Waals surface area contributed by atoms with Gasteiger partial charge in [0.15, 0.2) is 0 Å². The summed E-state index contributed by atoms with van der Waals surface area (Å²) >= 11 is 0. The molecule has 1 saturated heterocycles. The smallest absolute Gasteiger partial charge is 0.252 e. The van der Waals surface area contributed by atoms with Gasteiger partial charge in [0, 0.05) is 25.8 Å². The number of benzene rings is 1. The lowest BCUT2D eigenvalue weighted by Crippen LogP contribution is -2.43. The molecule has 2 aromatic rings. The fourth-order valence-corrected chi connectivity index (χ4v) is 3.05. The van der Waals surface area contributed by atoms with Gasteiger partial charge in [-0.15, -0.1) is 0 Å². The molecule has 1 aromatic carbocycles. The lowest BCUT2D eigenvalue weighted by Gasteiger charge is -2.37. The summed E-state index contributed by atoms with van der Waals surface area (Å²) in [5.74, 6) is 0.442. The van der Waals surface area contributed by atoms with Crippen molar-refractivity contribution in [2.75, 3.05) is 24.5 Å². The van der Waals surface area contributed by atoms with Crippen LogP contribution in [0.2, 0.25) is 0 Å². The monoisotopic (exact) mass is 357 g/mol. The summed E-state index contributed by atoms with van der Waals surface area (Å²) in [5, 5.41) is 2.84. The summed E-state index contributed by atoms with van der Waals surface area (Å²) in [6.45, 7) is 6.02. The van der Waals surface area contributed by atoms with E-state index in [9.17, 15) is 9.18 Å². The zero-order valence-electron chi connectivity index (χ0n) is 15.1. The van der Waals surface area contributed by atoms with Gasteiger partial charge in [0.2, 0.25) is 0 Å². The minimum Gasteiger partial charge on any atom is -0.367 e. The van der Waals surface area contributed by atoms with Crippen LogP contribution in [0.5, 0.6) is 0 Å². The van der Waals surface area contributed by atoms with Gasteiger partial charge in [0.05, 0.1) is 11.7 Å². The number of carbonyl (C=O) groups excluding carboxylic acids is 1. The number of carbonyl (C=O) groups is 1. The van der Waals surface area contributed by atoms with E-state index in [4.69, 9.17) is 4.74 Å². The quantitative estimate of drug-likeness (QED) is 0.892. The number of aromatic nitrogens is 1. The van der Waals surface area contributed by atoms with Crippen molar-refractivity contribution in [1.29, 1.82) is 0 Å². The van der Waals surface area contributed by atoms with E-state index in [1.165, 1.54) is 12.1 Å². The Bertz CT molecular complexity index is 734. The first kappa shape index (κ1) is 18.3. The minimum atomic E-state index is -0.256. The largest absolute Gasteiger partial charge is 0.367 e. The van der Waals surface area contributed by atoms with Gasteiger partial charge in [-0.05, 0) is 43.2 Å². The molecule has 2 heterocycles. The number of nitrogens with one attached hydrogen (secondary N) is 1. The van der Waals surface area contributed by atoms with Gasteiger partial charge in [0.25, 0.3) is 5.91 Å². The van der Waals surface area contributed by atoms with Crippen molar-refractivity contribution in [2.45, 2.75) is 32.5 Å². The van der Waals surface area contributed by atoms with E-state index in [0.29, 0.717) is 25.2 Å². The number of anilines is 1. The maximum atomic E-state index is 13.2. The molecule has 0 spiro atoms. The summed E-state index contributed by atoms with van der Waals surface area (Å²) in [7, 11) is 0. The molecule has 6 heteroatoms. The maximum absolute atomic E-state index is 13.2. The number of nitrogens with zero attached hydrogens (tertiary/aromatic N) is 2. The molecular weight excluding hydrogens is 333 g/mol. The minimum absolute atomic E-state index is 0.0214. The molecule has 0 bridgehead atoms. The number of halogens is 1. The second-order valence-electron chi connectivity index (χ2n) is 6.55. The Kier molecular flexibility index (Phi) is 5.83. The summed E-state index contributed by atoms with van der Waals surface area (Å²) in [5.41, 5.74) is 1.50. The zero-order valence-corrected chi connectivity index (χ0v) is 15.1. The fraction of sp³-hybridized carbons (Fsp3) is 0.400. The van der Waals surface area contributed by atoms with Gasteiger partial charge in [-0.1, -0.05) is 19.1 Å². The molecule has 1 aromatic heterocycles. The predicted octanol–water partition coefficient (Wildman–Crippen LogP) is 3.33. The number of rotatable bonds is 5. The van der Waals surface area contributed by atoms with E-state index in [-0.39, 0.29) is 23.9 Å². The number of hydrogen-bond donors (Lipinski definition) is 1. The molecule has 1 amide bonds. The maximum Gasteiger partial charge on any atom is 0.252 e. The Morgan fingerprint density at radius 2 is 2.04 bits per heavy atom. The predicted molar refractivity (Wildman–Crippen MR) is 98.8 cm³/mol. The molecule has 5 nitrogen and oxygen atoms in total. The highest BCUT2D eigenvalue weighted by Crippen LogP contribution is 2.28. The second-order valence-corrected chi connectivity index (χ2v) is 6.55. The Labute approximate surface area is 153 Å². The molecule has 3 rings (SSSR count). The first-order valence-corrected chi connectivity index (χ1v) is 8.97. The average molecular weight is 357 g/mol. The SMILES string of the molecule is CCCNC(=O)c1ccc(N2CC(C)OC(c3ccc(F)cc3)C2)nc1. The fourth-order valence-electron chi connectivity index (χ4n) is 3.05. The van der Waals surface area contributed by atoms with Gasteiger partial charge in [0.1, 0.15) is 17.7 Å². The lowest BCUT2D eigenvalue weighted by molar-refractivity contribution is -0.0176. The van der Waals surface area contributed by atoms with Gasteiger partial charge >= 0.3 is 0 Å². The first-order valence-electron chi connectivity index (χ1n) is 8.97. The lowest BCUT2D eigenvalue weighted by atomic mass is 10.1. The Morgan fingerprint density at radius 3 is 2.69 bits per heavy atom. The van der Waals surface area contributed by atoms with Crippen LogP contribution in [0.4, 0.5) is 10.2 Å². The van der Waals surface area contributed by atoms with Gasteiger partial charge in [-0.25, -0.2) is 9.37 Å². The van der Waals surface area contributed by atoms with Crippen molar-refractivity contribution in [1.82, 2.24) is 10.3 Å². The number of hydrogen-bond acceptors (Lipinski definition) is 4. The molecule has 138 valence electrons. The van der Waals surface area contributed by atoms with Crippen molar-refractivity contribution in [3.63, 3.8) is 0 Å². The Morgan fingerprint density at radius 1 is 1.27 bits per heavy atom. The zero-order chi connectivity index (χ0) is 18.5. The van der Waals surface area contributed by atoms with E-state index in [1.807, 2.05) is 19.9 Å². The van der Waals surface area contributed by atoms with Crippen LogP contribution in [0.3, 0.4) is 0 Å². The highest BCUT2D eigenvalue weighted by molar-refractivity contribution is 5.94. The van der Waals surface area contributed by atoms with Gasteiger partial charge in [-0.3, -0.25) is 4.79 Å². The average Bonchev–Trinajstić information content (AvgIpc) is 2.66. The van der Waals surface area contributed by atoms with E-state index >= 15 is 0 Å². The van der Waals surface area contributed by atoms with Crippen LogP contribution < -0.4 is 10.2 Å². The van der Waals surface area contributed by atoms with Crippen LogP contribution in [0.15, 0.2) is 42.6 Å². The molecule has 2 unspecified atom stereocenters. The van der Waals surface area contributed by atoms with E-state index in [1.54, 1.807) is 24.4 Å². The molecule has 0 radical (unpaired) electrons. The standard InChI is InChI=1S/C20H24FN3O2/c1-3-10-22-20(25)16-6-9-19(23-11-16)24-12-14(2)26-18(13-24)15-4-7-17(21)8-5-15/h4-9,11,14,18H,3,10,12-13H2,1-2H3,(H,22,25). The van der Waals surface area contributed by atoms with Crippen molar-refractivity contribution >= 4 is 11.7 Å². The third-order valence-electron chi connectivity index (χ3n) is 4.37. The summed E-state index contributed by atoms with van der Waals surface area (Å²) < 4.78 is 19.2. The Balaban J connectivity index is 1.71. The third kappa shape index (κ3) is 4.38. The summed E-state index contributed by atoms with van der Waals surface area (Å²) in [6.07, 6.45) is 2.38. The molecule has 26 heavy (non-hydrogen) atoms. The number of morpholine rings is 1. The second kappa shape index (κ2) is 8.27. The van der Waals surface area contributed by atoms with Crippen LogP contribution in [0.25, 0.3) is 0 Å². The van der Waals surface area contributed by atoms with Crippen LogP contribution in [0.1, 0.15) is 42.3 Å². The van der Waals surface area contributed by atoms with Gasteiger partial charge in [-0.2, -0.15) is 0 Å². The molecule has 1 aliphatic heterocycles. The van der Waals surface area contributed by atoms with Gasteiger partial charge < -0.3 is 15.0 Å². The number of amides is 1. The third-order valence-corrected chi connectivity index (χ3v) is 4.37. The van der Waals surface area contributed by atoms with E-state index in [0.717, 1.165) is 17.8 Å². The topological polar surface area (TPSA) is 54.5 Å². The molecule has 1 fully saturated rings. The molecule has 0 aliphatic carbocycles. The normalized spacial score (nSPS) is 20.0. The highest BCUT2D eigenvalue weighted by Gasteiger charge is 2.27. The Hall–Kier alpha value is -2.47. The number of ether oxygens (including phenoxy) is 1. The van der Waals surface area contributed by atoms with Crippen molar-refractivity contribution in [3.05, 3.63) is 59.5 Å². The first-order chi connectivity index (χ1) is 12.6. The van der Waals surface area contributed by atoms with Crippen molar-refractivity contribution in [3.8, 4) is 0 Å². The van der Waals surface area contributed by atoms with E-state index < -0.39 is 0 Å².